The van der Waals surface area contributed by atoms with Gasteiger partial charge < -0.3 is 20.5 Å². The Labute approximate surface area is 208 Å². The number of hydrogen-bond donors (Lipinski definition) is 2. The van der Waals surface area contributed by atoms with E-state index in [0.717, 1.165) is 34.6 Å². The van der Waals surface area contributed by atoms with Gasteiger partial charge in [-0.15, -0.1) is 0 Å². The maximum absolute atomic E-state index is 13.5. The SMILES string of the molecule is CC1(C)CC(=O)C2=C(C1)Nc1nc(SCc3ccccc3)nc(N)c1[C@H]2c1ccc2c(c1)OCO2. The Morgan fingerprint density at radius 3 is 2.71 bits per heavy atom. The molecule has 0 unspecified atom stereocenters. The van der Waals surface area contributed by atoms with Crippen LogP contribution in [-0.4, -0.2) is 22.5 Å². The predicted octanol–water partition coefficient (Wildman–Crippen LogP) is 5.28. The molecule has 3 aromatic rings. The van der Waals surface area contributed by atoms with E-state index in [1.807, 2.05) is 36.4 Å². The highest BCUT2D eigenvalue weighted by atomic mass is 32.2. The van der Waals surface area contributed by atoms with Gasteiger partial charge in [0, 0.05) is 34.9 Å². The van der Waals surface area contributed by atoms with Gasteiger partial charge in [-0.2, -0.15) is 0 Å². The van der Waals surface area contributed by atoms with Crippen LogP contribution in [0.3, 0.4) is 0 Å². The molecule has 7 nitrogen and oxygen atoms in total. The van der Waals surface area contributed by atoms with Gasteiger partial charge in [-0.25, -0.2) is 9.97 Å². The fraction of sp³-hybridized carbons (Fsp3) is 0.296. The Bertz CT molecular complexity index is 1370. The van der Waals surface area contributed by atoms with Crippen LogP contribution in [0.4, 0.5) is 11.6 Å². The monoisotopic (exact) mass is 486 g/mol. The van der Waals surface area contributed by atoms with E-state index in [2.05, 4.69) is 36.3 Å². The number of Topliss-reactive ketones (excluding diaryl/α,β-unsaturated/α-hetero) is 1. The molecule has 1 aromatic heterocycles. The molecule has 2 aliphatic heterocycles. The minimum atomic E-state index is -0.368. The van der Waals surface area contributed by atoms with Crippen molar-refractivity contribution in [2.24, 2.45) is 5.41 Å². The molecule has 0 spiro atoms. The van der Waals surface area contributed by atoms with Gasteiger partial charge in [-0.05, 0) is 35.1 Å². The number of anilines is 2. The summed E-state index contributed by atoms with van der Waals surface area (Å²) in [5, 5.41) is 4.08. The molecule has 35 heavy (non-hydrogen) atoms. The number of benzene rings is 2. The summed E-state index contributed by atoms with van der Waals surface area (Å²) in [5.41, 5.74) is 10.9. The molecular formula is C27H26N4O3S. The lowest BCUT2D eigenvalue weighted by atomic mass is 9.69. The number of carbonyl (C=O) groups excluding carboxylic acids is 1. The van der Waals surface area contributed by atoms with E-state index in [1.165, 1.54) is 5.56 Å². The molecule has 1 aliphatic carbocycles. The molecule has 0 saturated heterocycles. The van der Waals surface area contributed by atoms with E-state index in [4.69, 9.17) is 20.2 Å². The first kappa shape index (κ1) is 22.0. The van der Waals surface area contributed by atoms with Crippen LogP contribution in [0, 0.1) is 5.41 Å². The average Bonchev–Trinajstić information content (AvgIpc) is 3.29. The Hall–Kier alpha value is -3.52. The second-order valence-electron chi connectivity index (χ2n) is 9.93. The number of fused-ring (bicyclic) bond motifs is 2. The molecule has 1 atom stereocenters. The summed E-state index contributed by atoms with van der Waals surface area (Å²) in [6.45, 7) is 4.43. The quantitative estimate of drug-likeness (QED) is 0.380. The maximum atomic E-state index is 13.5. The van der Waals surface area contributed by atoms with Gasteiger partial charge in [-0.3, -0.25) is 4.79 Å². The lowest BCUT2D eigenvalue weighted by molar-refractivity contribution is -0.118. The van der Waals surface area contributed by atoms with Gasteiger partial charge in [0.2, 0.25) is 6.79 Å². The predicted molar refractivity (Wildman–Crippen MR) is 136 cm³/mol. The Balaban J connectivity index is 1.44. The maximum Gasteiger partial charge on any atom is 0.231 e. The van der Waals surface area contributed by atoms with Gasteiger partial charge >= 0.3 is 0 Å². The average molecular weight is 487 g/mol. The summed E-state index contributed by atoms with van der Waals surface area (Å²) in [5.74, 6) is 2.91. The van der Waals surface area contributed by atoms with Crippen molar-refractivity contribution in [2.75, 3.05) is 17.8 Å². The molecule has 8 heteroatoms. The molecule has 2 aromatic carbocycles. The molecule has 3 heterocycles. The van der Waals surface area contributed by atoms with Crippen molar-refractivity contribution in [3.63, 3.8) is 0 Å². The van der Waals surface area contributed by atoms with Crippen LogP contribution in [0.25, 0.3) is 0 Å². The number of rotatable bonds is 4. The number of hydrogen-bond acceptors (Lipinski definition) is 8. The number of thioether (sulfide) groups is 1. The van der Waals surface area contributed by atoms with E-state index in [0.29, 0.717) is 34.7 Å². The standard InChI is InChI=1S/C27H26N4O3S/c1-27(2)11-17-22(18(32)12-27)21(16-8-9-19-20(10-16)34-14-33-19)23-24(28)30-26(31-25(23)29-17)35-13-15-6-4-3-5-7-15/h3-10,21H,11-14H2,1-2H3,(H3,28,29,30,31)/t21-/m0/s1. The fourth-order valence-electron chi connectivity index (χ4n) is 5.13. The summed E-state index contributed by atoms with van der Waals surface area (Å²) in [6, 6.07) is 16.0. The Kier molecular flexibility index (Phi) is 5.21. The molecule has 3 aliphatic rings. The van der Waals surface area contributed by atoms with E-state index in [9.17, 15) is 4.79 Å². The minimum Gasteiger partial charge on any atom is -0.454 e. The summed E-state index contributed by atoms with van der Waals surface area (Å²) in [7, 11) is 0. The van der Waals surface area contributed by atoms with Gasteiger partial charge in [0.15, 0.2) is 22.4 Å². The third kappa shape index (κ3) is 4.01. The van der Waals surface area contributed by atoms with Crippen molar-refractivity contribution in [1.29, 1.82) is 0 Å². The van der Waals surface area contributed by atoms with Gasteiger partial charge in [-0.1, -0.05) is 62.0 Å². The zero-order chi connectivity index (χ0) is 24.2. The van der Waals surface area contributed by atoms with Crippen LogP contribution in [0.5, 0.6) is 11.5 Å². The number of nitrogens with zero attached hydrogens (tertiary/aromatic N) is 2. The lowest BCUT2D eigenvalue weighted by Crippen LogP contribution is -2.34. The summed E-state index contributed by atoms with van der Waals surface area (Å²) < 4.78 is 11.1. The van der Waals surface area contributed by atoms with Crippen LogP contribution < -0.4 is 20.5 Å². The molecule has 0 radical (unpaired) electrons. The molecule has 3 N–H and O–H groups in total. The van der Waals surface area contributed by atoms with Crippen LogP contribution in [0.2, 0.25) is 0 Å². The Morgan fingerprint density at radius 2 is 1.89 bits per heavy atom. The largest absolute Gasteiger partial charge is 0.454 e. The fourth-order valence-corrected chi connectivity index (χ4v) is 5.93. The highest BCUT2D eigenvalue weighted by molar-refractivity contribution is 7.98. The highest BCUT2D eigenvalue weighted by Crippen LogP contribution is 2.51. The molecule has 0 fully saturated rings. The van der Waals surface area contributed by atoms with Crippen molar-refractivity contribution in [3.05, 3.63) is 76.5 Å². The zero-order valence-electron chi connectivity index (χ0n) is 19.6. The zero-order valence-corrected chi connectivity index (χ0v) is 20.4. The van der Waals surface area contributed by atoms with Gasteiger partial charge in [0.05, 0.1) is 0 Å². The smallest absolute Gasteiger partial charge is 0.231 e. The van der Waals surface area contributed by atoms with Gasteiger partial charge in [0.1, 0.15) is 11.6 Å². The van der Waals surface area contributed by atoms with Crippen LogP contribution >= 0.6 is 11.8 Å². The first-order valence-electron chi connectivity index (χ1n) is 11.6. The normalized spacial score (nSPS) is 19.7. The third-order valence-electron chi connectivity index (χ3n) is 6.66. The number of ether oxygens (including phenoxy) is 2. The van der Waals surface area contributed by atoms with E-state index >= 15 is 0 Å². The van der Waals surface area contributed by atoms with Crippen LogP contribution in [-0.2, 0) is 10.5 Å². The first-order chi connectivity index (χ1) is 16.9. The van der Waals surface area contributed by atoms with E-state index in [1.54, 1.807) is 11.8 Å². The molecule has 6 rings (SSSR count). The summed E-state index contributed by atoms with van der Waals surface area (Å²) in [4.78, 5) is 23.0. The van der Waals surface area contributed by atoms with Crippen LogP contribution in [0.15, 0.2) is 65.0 Å². The van der Waals surface area contributed by atoms with Crippen molar-refractivity contribution >= 4 is 29.2 Å². The third-order valence-corrected chi connectivity index (χ3v) is 7.58. The number of carbonyl (C=O) groups is 1. The van der Waals surface area contributed by atoms with Crippen molar-refractivity contribution in [2.45, 2.75) is 43.5 Å². The summed E-state index contributed by atoms with van der Waals surface area (Å²) >= 11 is 1.54. The lowest BCUT2D eigenvalue weighted by Gasteiger charge is -2.39. The topological polar surface area (TPSA) is 99.4 Å². The van der Waals surface area contributed by atoms with Crippen molar-refractivity contribution in [1.82, 2.24) is 9.97 Å². The molecular weight excluding hydrogens is 460 g/mol. The number of aromatic nitrogens is 2. The molecule has 178 valence electrons. The second-order valence-corrected chi connectivity index (χ2v) is 10.9. The molecule has 0 bridgehead atoms. The van der Waals surface area contributed by atoms with Gasteiger partial charge in [0.25, 0.3) is 0 Å². The number of ketones is 1. The number of allylic oxidation sites excluding steroid dienone is 2. The minimum absolute atomic E-state index is 0.124. The first-order valence-corrected chi connectivity index (χ1v) is 12.6. The highest BCUT2D eigenvalue weighted by Gasteiger charge is 2.42. The summed E-state index contributed by atoms with van der Waals surface area (Å²) in [6.07, 6.45) is 1.24. The molecule has 0 amide bonds. The van der Waals surface area contributed by atoms with E-state index in [-0.39, 0.29) is 23.9 Å². The van der Waals surface area contributed by atoms with Crippen LogP contribution in [0.1, 0.15) is 49.3 Å². The van der Waals surface area contributed by atoms with Crippen molar-refractivity contribution in [3.8, 4) is 11.5 Å². The number of nitrogen functional groups attached to an aromatic ring is 1. The molecule has 0 saturated carbocycles. The van der Waals surface area contributed by atoms with Crippen molar-refractivity contribution < 1.29 is 14.3 Å². The van der Waals surface area contributed by atoms with E-state index < -0.39 is 0 Å². The second kappa shape index (κ2) is 8.30. The number of nitrogens with one attached hydrogen (secondary N) is 1. The number of nitrogens with two attached hydrogens (primary N) is 1. The Morgan fingerprint density at radius 1 is 1.09 bits per heavy atom.